The highest BCUT2D eigenvalue weighted by Gasteiger charge is 2.47. The smallest absolute Gasteiger partial charge is 0.0638 e. The van der Waals surface area contributed by atoms with Gasteiger partial charge in [0.25, 0.3) is 0 Å². The molecule has 0 aliphatic carbocycles. The van der Waals surface area contributed by atoms with Crippen molar-refractivity contribution in [2.75, 3.05) is 19.7 Å². The topological polar surface area (TPSA) is 53.3 Å². The van der Waals surface area contributed by atoms with Crippen LogP contribution in [0.25, 0.3) is 0 Å². The second kappa shape index (κ2) is 8.95. The zero-order valence-corrected chi connectivity index (χ0v) is 18.2. The number of aromatic nitrogens is 2. The Morgan fingerprint density at radius 2 is 1.96 bits per heavy atom. The Bertz CT molecular complexity index is 775. The van der Waals surface area contributed by atoms with Crippen molar-refractivity contribution in [3.63, 3.8) is 0 Å². The van der Waals surface area contributed by atoms with Gasteiger partial charge in [-0.25, -0.2) is 0 Å². The molecule has 1 saturated heterocycles. The number of nitrogens with one attached hydrogen (secondary N) is 1. The molecule has 1 aromatic carbocycles. The fourth-order valence-corrected chi connectivity index (χ4v) is 4.83. The second-order valence-electron chi connectivity index (χ2n) is 8.13. The summed E-state index contributed by atoms with van der Waals surface area (Å²) in [6.07, 6.45) is 3.09. The van der Waals surface area contributed by atoms with E-state index >= 15 is 0 Å². The lowest BCUT2D eigenvalue weighted by Crippen LogP contribution is -2.45. The fourth-order valence-electron chi connectivity index (χ4n) is 4.70. The first-order valence-electron chi connectivity index (χ1n) is 10.3. The van der Waals surface area contributed by atoms with E-state index in [9.17, 15) is 5.11 Å². The van der Waals surface area contributed by atoms with E-state index in [2.05, 4.69) is 61.3 Å². The van der Waals surface area contributed by atoms with Gasteiger partial charge in [0.15, 0.2) is 0 Å². The molecule has 2 N–H and O–H groups in total. The Morgan fingerprint density at radius 3 is 2.54 bits per heavy atom. The monoisotopic (exact) mass is 404 g/mol. The van der Waals surface area contributed by atoms with Crippen LogP contribution in [0.2, 0.25) is 5.02 Å². The van der Waals surface area contributed by atoms with Gasteiger partial charge in [-0.05, 0) is 57.4 Å². The van der Waals surface area contributed by atoms with Crippen molar-refractivity contribution < 1.29 is 5.11 Å². The number of hydrogen-bond donors (Lipinski definition) is 2. The summed E-state index contributed by atoms with van der Waals surface area (Å²) >= 11 is 6.11. The average molecular weight is 405 g/mol. The van der Waals surface area contributed by atoms with Crippen molar-refractivity contribution in [2.45, 2.75) is 58.8 Å². The molecule has 1 aliphatic heterocycles. The molecule has 6 heteroatoms. The van der Waals surface area contributed by atoms with E-state index in [0.717, 1.165) is 43.3 Å². The zero-order chi connectivity index (χ0) is 20.3. The van der Waals surface area contributed by atoms with Crippen molar-refractivity contribution in [1.29, 1.82) is 0 Å². The third-order valence-corrected chi connectivity index (χ3v) is 6.42. The molecule has 0 unspecified atom stereocenters. The molecular formula is C22H33ClN4O. The predicted molar refractivity (Wildman–Crippen MR) is 115 cm³/mol. The molecule has 0 amide bonds. The summed E-state index contributed by atoms with van der Waals surface area (Å²) in [5, 5.41) is 19.1. The predicted octanol–water partition coefficient (Wildman–Crippen LogP) is 3.79. The molecule has 0 spiro atoms. The summed E-state index contributed by atoms with van der Waals surface area (Å²) in [6, 6.07) is 8.45. The number of likely N-dealkylation sites (tertiary alicyclic amines) is 1. The van der Waals surface area contributed by atoms with Crippen LogP contribution in [0.15, 0.2) is 30.5 Å². The van der Waals surface area contributed by atoms with Crippen LogP contribution in [0.1, 0.15) is 50.1 Å². The summed E-state index contributed by atoms with van der Waals surface area (Å²) in [5.41, 5.74) is 3.41. The van der Waals surface area contributed by atoms with Crippen molar-refractivity contribution in [2.24, 2.45) is 5.92 Å². The summed E-state index contributed by atoms with van der Waals surface area (Å²) < 4.78 is 1.99. The Kier molecular flexibility index (Phi) is 6.81. The highest BCUT2D eigenvalue weighted by molar-refractivity contribution is 6.30. The molecule has 1 aromatic heterocycles. The molecule has 3 rings (SSSR count). The molecule has 1 fully saturated rings. The Morgan fingerprint density at radius 1 is 1.25 bits per heavy atom. The Labute approximate surface area is 173 Å². The van der Waals surface area contributed by atoms with Gasteiger partial charge >= 0.3 is 0 Å². The van der Waals surface area contributed by atoms with Gasteiger partial charge in [0.1, 0.15) is 0 Å². The molecular weight excluding hydrogens is 372 g/mol. The van der Waals surface area contributed by atoms with Gasteiger partial charge in [-0.2, -0.15) is 5.10 Å². The molecule has 2 aromatic rings. The van der Waals surface area contributed by atoms with Crippen molar-refractivity contribution in [3.05, 3.63) is 52.3 Å². The van der Waals surface area contributed by atoms with Gasteiger partial charge in [0.2, 0.25) is 0 Å². The first kappa shape index (κ1) is 21.3. The first-order valence-corrected chi connectivity index (χ1v) is 10.7. The van der Waals surface area contributed by atoms with E-state index in [1.165, 1.54) is 11.1 Å². The van der Waals surface area contributed by atoms with Gasteiger partial charge in [-0.15, -0.1) is 0 Å². The number of benzene rings is 1. The highest BCUT2D eigenvalue weighted by Crippen LogP contribution is 2.46. The maximum atomic E-state index is 10.1. The number of rotatable bonds is 8. The normalized spacial score (nSPS) is 25.5. The van der Waals surface area contributed by atoms with Gasteiger partial charge in [0.05, 0.1) is 12.3 Å². The third kappa shape index (κ3) is 4.28. The molecule has 3 atom stereocenters. The average Bonchev–Trinajstić information content (AvgIpc) is 3.19. The number of hydrogen-bond acceptors (Lipinski definition) is 4. The molecule has 2 heterocycles. The molecule has 154 valence electrons. The molecule has 1 aliphatic rings. The number of likely N-dealkylation sites (N-methyl/N-ethyl adjacent to an activating group) is 1. The maximum Gasteiger partial charge on any atom is 0.0638 e. The van der Waals surface area contributed by atoms with Gasteiger partial charge < -0.3 is 10.4 Å². The lowest BCUT2D eigenvalue weighted by Gasteiger charge is -2.37. The lowest BCUT2D eigenvalue weighted by atomic mass is 9.90. The van der Waals surface area contributed by atoms with Crippen molar-refractivity contribution in [3.8, 4) is 0 Å². The Balaban J connectivity index is 1.76. The lowest BCUT2D eigenvalue weighted by molar-refractivity contribution is 0.0579. The maximum absolute atomic E-state index is 10.1. The van der Waals surface area contributed by atoms with Crippen molar-refractivity contribution >= 4 is 11.6 Å². The fraction of sp³-hybridized carbons (Fsp3) is 0.591. The van der Waals surface area contributed by atoms with Crippen LogP contribution < -0.4 is 5.32 Å². The van der Waals surface area contributed by atoms with E-state index in [4.69, 9.17) is 11.6 Å². The van der Waals surface area contributed by atoms with Crippen LogP contribution in [0.3, 0.4) is 0 Å². The second-order valence-corrected chi connectivity index (χ2v) is 8.56. The Hall–Kier alpha value is -1.40. The summed E-state index contributed by atoms with van der Waals surface area (Å²) in [5.74, 6) is 0.416. The minimum absolute atomic E-state index is 0.170. The van der Waals surface area contributed by atoms with E-state index in [-0.39, 0.29) is 18.2 Å². The highest BCUT2D eigenvalue weighted by atomic mass is 35.5. The van der Waals surface area contributed by atoms with E-state index < -0.39 is 0 Å². The number of aliphatic hydroxyl groups excluding tert-OH is 1. The van der Waals surface area contributed by atoms with Crippen molar-refractivity contribution in [1.82, 2.24) is 20.0 Å². The van der Waals surface area contributed by atoms with E-state index in [1.807, 2.05) is 16.8 Å². The SMILES string of the molecule is CCN1[C@@H](c2ccc(Cl)cc2)[C@@H](CNCc2cn(CC)nc2C)C[C@@]1(C)CO. The molecule has 5 nitrogen and oxygen atoms in total. The first-order chi connectivity index (χ1) is 13.4. The third-order valence-electron chi connectivity index (χ3n) is 6.16. The minimum Gasteiger partial charge on any atom is -0.394 e. The quantitative estimate of drug-likeness (QED) is 0.702. The number of halogens is 1. The van der Waals surface area contributed by atoms with Crippen LogP contribution in [0, 0.1) is 12.8 Å². The van der Waals surface area contributed by atoms with E-state index in [1.54, 1.807) is 0 Å². The number of aliphatic hydroxyl groups is 1. The molecule has 0 radical (unpaired) electrons. The van der Waals surface area contributed by atoms with Crippen LogP contribution in [0.4, 0.5) is 0 Å². The van der Waals surface area contributed by atoms with Crippen LogP contribution in [0.5, 0.6) is 0 Å². The van der Waals surface area contributed by atoms with Crippen LogP contribution in [-0.2, 0) is 13.1 Å². The van der Waals surface area contributed by atoms with E-state index in [0.29, 0.717) is 5.92 Å². The number of aryl methyl sites for hydroxylation is 2. The summed E-state index contributed by atoms with van der Waals surface area (Å²) in [4.78, 5) is 2.45. The van der Waals surface area contributed by atoms with Gasteiger partial charge in [-0.3, -0.25) is 9.58 Å². The molecule has 0 saturated carbocycles. The molecule has 0 bridgehead atoms. The standard InChI is InChI=1S/C22H33ClN4O/c1-5-26-14-19(16(3)25-26)13-24-12-18-11-22(4,15-28)27(6-2)21(18)17-7-9-20(23)10-8-17/h7-10,14,18,21,24,28H,5-6,11-13,15H2,1-4H3/t18-,21+,22+/m1/s1. The van der Waals surface area contributed by atoms with Gasteiger partial charge in [0, 0.05) is 48.0 Å². The summed E-state index contributed by atoms with van der Waals surface area (Å²) in [7, 11) is 0. The molecule has 28 heavy (non-hydrogen) atoms. The van der Waals surface area contributed by atoms with Gasteiger partial charge in [-0.1, -0.05) is 30.7 Å². The minimum atomic E-state index is -0.200. The largest absolute Gasteiger partial charge is 0.394 e. The van der Waals surface area contributed by atoms with Crippen LogP contribution >= 0.6 is 11.6 Å². The number of nitrogens with zero attached hydrogens (tertiary/aromatic N) is 3. The van der Waals surface area contributed by atoms with Crippen LogP contribution in [-0.4, -0.2) is 45.0 Å². The summed E-state index contributed by atoms with van der Waals surface area (Å²) in [6.45, 7) is 12.2. The zero-order valence-electron chi connectivity index (χ0n) is 17.5.